The van der Waals surface area contributed by atoms with Gasteiger partial charge in [-0.2, -0.15) is 0 Å². The number of fused-ring (bicyclic) bond motifs is 7. The maximum atomic E-state index is 6.53. The van der Waals surface area contributed by atoms with Gasteiger partial charge in [0.15, 0.2) is 0 Å². The zero-order chi connectivity index (χ0) is 34.9. The second kappa shape index (κ2) is 11.8. The summed E-state index contributed by atoms with van der Waals surface area (Å²) in [5.41, 5.74) is 15.8. The van der Waals surface area contributed by atoms with Crippen LogP contribution >= 0.6 is 0 Å². The molecule has 0 aliphatic carbocycles. The summed E-state index contributed by atoms with van der Waals surface area (Å²) in [5, 5.41) is 2.27. The Hall–Kier alpha value is -6.98. The highest BCUT2D eigenvalue weighted by Crippen LogP contribution is 2.46. The number of hydrogen-bond donors (Lipinski definition) is 0. The molecule has 5 heteroatoms. The lowest BCUT2D eigenvalue weighted by molar-refractivity contribution is 0.669. The molecule has 0 amide bonds. The Morgan fingerprint density at radius 3 is 1.55 bits per heavy atom. The smallest absolute Gasteiger partial charge is 0.252 e. The maximum absolute atomic E-state index is 6.53. The number of furan rings is 1. The molecule has 0 spiro atoms. The summed E-state index contributed by atoms with van der Waals surface area (Å²) in [7, 11) is 0. The average molecular weight is 678 g/mol. The van der Waals surface area contributed by atoms with Crippen LogP contribution in [0.1, 0.15) is 0 Å². The molecule has 1 aromatic heterocycles. The standard InChI is InChI=1S/C48H32BN3O/c1-5-16-33(17-6-1)50(34-18-7-2-8-19-34)37-28-29-40-44(30-37)51(35-20-9-3-10-21-35)42-25-15-26-43-48(42)49(40)41-31-39-38-24-13-14-27-46(38)53-47(39)32-45(41)52(43)36-22-11-4-12-23-36/h1-32H. The summed E-state index contributed by atoms with van der Waals surface area (Å²) in [5.74, 6) is 0. The summed E-state index contributed by atoms with van der Waals surface area (Å²) in [6.07, 6.45) is 0. The molecule has 0 saturated carbocycles. The van der Waals surface area contributed by atoms with E-state index < -0.39 is 0 Å². The highest BCUT2D eigenvalue weighted by Gasteiger charge is 2.43. The molecular formula is C48H32BN3O. The minimum Gasteiger partial charge on any atom is -0.456 e. The first-order valence-corrected chi connectivity index (χ1v) is 18.1. The highest BCUT2D eigenvalue weighted by molar-refractivity contribution is 7.00. The van der Waals surface area contributed by atoms with E-state index in [1.165, 1.54) is 27.8 Å². The molecule has 4 nitrogen and oxygen atoms in total. The van der Waals surface area contributed by atoms with E-state index in [2.05, 4.69) is 203 Å². The largest absolute Gasteiger partial charge is 0.456 e. The Morgan fingerprint density at radius 2 is 0.925 bits per heavy atom. The predicted octanol–water partition coefficient (Wildman–Crippen LogP) is 11.1. The molecule has 2 aliphatic heterocycles. The molecule has 3 heterocycles. The van der Waals surface area contributed by atoms with E-state index in [0.717, 1.165) is 61.8 Å². The van der Waals surface area contributed by atoms with Crippen LogP contribution in [-0.2, 0) is 0 Å². The van der Waals surface area contributed by atoms with Gasteiger partial charge in [0.1, 0.15) is 11.2 Å². The van der Waals surface area contributed by atoms with Crippen LogP contribution in [0.3, 0.4) is 0 Å². The second-order valence-corrected chi connectivity index (χ2v) is 13.7. The summed E-state index contributed by atoms with van der Waals surface area (Å²) in [4.78, 5) is 7.23. The van der Waals surface area contributed by atoms with Gasteiger partial charge in [-0.15, -0.1) is 0 Å². The lowest BCUT2D eigenvalue weighted by Gasteiger charge is -2.44. The Bertz CT molecular complexity index is 2760. The van der Waals surface area contributed by atoms with Gasteiger partial charge in [-0.3, -0.25) is 0 Å². The van der Waals surface area contributed by atoms with Crippen LogP contribution in [0.2, 0.25) is 0 Å². The summed E-state index contributed by atoms with van der Waals surface area (Å²) >= 11 is 0. The van der Waals surface area contributed by atoms with Gasteiger partial charge in [0.2, 0.25) is 0 Å². The van der Waals surface area contributed by atoms with Crippen molar-refractivity contribution in [2.45, 2.75) is 0 Å². The molecule has 9 aromatic rings. The minimum absolute atomic E-state index is 0.0138. The molecule has 0 atom stereocenters. The maximum Gasteiger partial charge on any atom is 0.252 e. The van der Waals surface area contributed by atoms with E-state index in [-0.39, 0.29) is 6.71 Å². The molecule has 0 unspecified atom stereocenters. The first kappa shape index (κ1) is 29.7. The van der Waals surface area contributed by atoms with Crippen molar-refractivity contribution in [2.24, 2.45) is 0 Å². The fraction of sp³-hybridized carbons (Fsp3) is 0. The molecule has 53 heavy (non-hydrogen) atoms. The zero-order valence-electron chi connectivity index (χ0n) is 28.8. The molecule has 8 aromatic carbocycles. The number of anilines is 9. The van der Waals surface area contributed by atoms with Gasteiger partial charge in [0.25, 0.3) is 6.71 Å². The Labute approximate surface area is 308 Å². The van der Waals surface area contributed by atoms with E-state index in [4.69, 9.17) is 4.42 Å². The van der Waals surface area contributed by atoms with Crippen LogP contribution in [0.4, 0.5) is 51.2 Å². The zero-order valence-corrected chi connectivity index (χ0v) is 28.8. The van der Waals surface area contributed by atoms with E-state index in [0.29, 0.717) is 0 Å². The highest BCUT2D eigenvalue weighted by atomic mass is 16.3. The third-order valence-electron chi connectivity index (χ3n) is 10.8. The SMILES string of the molecule is c1ccc(N(c2ccccc2)c2ccc3c(c2)N(c2ccccc2)c2cccc4c2B3c2cc3c(cc2N4c2ccccc2)oc2ccccc23)cc1. The van der Waals surface area contributed by atoms with Crippen LogP contribution in [-0.4, -0.2) is 6.71 Å². The Balaban J connectivity index is 1.22. The number of nitrogens with zero attached hydrogens (tertiary/aromatic N) is 3. The van der Waals surface area contributed by atoms with E-state index in [9.17, 15) is 0 Å². The quantitative estimate of drug-likeness (QED) is 0.169. The van der Waals surface area contributed by atoms with Gasteiger partial charge in [-0.05, 0) is 95.3 Å². The van der Waals surface area contributed by atoms with Crippen molar-refractivity contribution < 1.29 is 4.42 Å². The molecule has 248 valence electrons. The third-order valence-corrected chi connectivity index (χ3v) is 10.8. The van der Waals surface area contributed by atoms with Crippen molar-refractivity contribution in [3.8, 4) is 0 Å². The van der Waals surface area contributed by atoms with Crippen molar-refractivity contribution in [1.29, 1.82) is 0 Å². The Kier molecular flexibility index (Phi) is 6.61. The van der Waals surface area contributed by atoms with E-state index >= 15 is 0 Å². The lowest BCUT2D eigenvalue weighted by Crippen LogP contribution is -2.61. The van der Waals surface area contributed by atoms with Gasteiger partial charge in [-0.25, -0.2) is 0 Å². The molecule has 0 N–H and O–H groups in total. The first-order chi connectivity index (χ1) is 26.3. The van der Waals surface area contributed by atoms with Gasteiger partial charge < -0.3 is 19.1 Å². The molecule has 0 saturated heterocycles. The van der Waals surface area contributed by atoms with Crippen LogP contribution < -0.4 is 31.1 Å². The monoisotopic (exact) mass is 677 g/mol. The molecule has 0 fully saturated rings. The first-order valence-electron chi connectivity index (χ1n) is 18.1. The molecule has 0 bridgehead atoms. The molecular weight excluding hydrogens is 645 g/mol. The fourth-order valence-electron chi connectivity index (χ4n) is 8.59. The van der Waals surface area contributed by atoms with Gasteiger partial charge in [-0.1, -0.05) is 109 Å². The average Bonchev–Trinajstić information content (AvgIpc) is 3.59. The number of hydrogen-bond acceptors (Lipinski definition) is 4. The molecule has 2 aliphatic rings. The summed E-state index contributed by atoms with van der Waals surface area (Å²) < 4.78 is 6.53. The number of benzene rings is 8. The second-order valence-electron chi connectivity index (χ2n) is 13.7. The van der Waals surface area contributed by atoms with Gasteiger partial charge >= 0.3 is 0 Å². The predicted molar refractivity (Wildman–Crippen MR) is 222 cm³/mol. The van der Waals surface area contributed by atoms with Crippen molar-refractivity contribution >= 4 is 96.2 Å². The van der Waals surface area contributed by atoms with Crippen LogP contribution in [0, 0.1) is 0 Å². The van der Waals surface area contributed by atoms with Crippen molar-refractivity contribution in [2.75, 3.05) is 14.7 Å². The number of para-hydroxylation sites is 5. The van der Waals surface area contributed by atoms with E-state index in [1.54, 1.807) is 0 Å². The Morgan fingerprint density at radius 1 is 0.377 bits per heavy atom. The van der Waals surface area contributed by atoms with Crippen LogP contribution in [0.25, 0.3) is 21.9 Å². The summed E-state index contributed by atoms with van der Waals surface area (Å²) in [6.45, 7) is -0.0138. The number of rotatable bonds is 5. The minimum atomic E-state index is -0.0138. The van der Waals surface area contributed by atoms with Crippen LogP contribution in [0.15, 0.2) is 199 Å². The molecule has 0 radical (unpaired) electrons. The lowest BCUT2D eigenvalue weighted by atomic mass is 9.33. The van der Waals surface area contributed by atoms with Crippen molar-refractivity contribution in [3.05, 3.63) is 194 Å². The fourth-order valence-corrected chi connectivity index (χ4v) is 8.59. The third kappa shape index (κ3) is 4.57. The van der Waals surface area contributed by atoms with Gasteiger partial charge in [0, 0.05) is 68.0 Å². The van der Waals surface area contributed by atoms with Gasteiger partial charge in [0.05, 0.1) is 0 Å². The van der Waals surface area contributed by atoms with E-state index in [1.807, 2.05) is 6.07 Å². The summed E-state index contributed by atoms with van der Waals surface area (Å²) in [6, 6.07) is 69.7. The molecule has 11 rings (SSSR count). The normalized spacial score (nSPS) is 12.8. The van der Waals surface area contributed by atoms with Crippen molar-refractivity contribution in [3.63, 3.8) is 0 Å². The van der Waals surface area contributed by atoms with Crippen LogP contribution in [0.5, 0.6) is 0 Å². The van der Waals surface area contributed by atoms with Crippen molar-refractivity contribution in [1.82, 2.24) is 0 Å². The topological polar surface area (TPSA) is 22.9 Å².